The summed E-state index contributed by atoms with van der Waals surface area (Å²) in [4.78, 5) is 13.6. The van der Waals surface area contributed by atoms with Gasteiger partial charge in [0.05, 0.1) is 13.2 Å². The minimum Gasteiger partial charge on any atom is -0.494 e. The summed E-state index contributed by atoms with van der Waals surface area (Å²) in [5.41, 5.74) is 9.72. The second kappa shape index (κ2) is 18.2. The summed E-state index contributed by atoms with van der Waals surface area (Å²) in [6.07, 6.45) is 21.0. The molecule has 190 valence electrons. The lowest BCUT2D eigenvalue weighted by molar-refractivity contribution is -0.139. The molecule has 1 aromatic carbocycles. The van der Waals surface area contributed by atoms with Gasteiger partial charge in [-0.1, -0.05) is 83.3 Å². The van der Waals surface area contributed by atoms with Crippen molar-refractivity contribution < 1.29 is 19.1 Å². The molecule has 0 heterocycles. The van der Waals surface area contributed by atoms with E-state index in [2.05, 4.69) is 36.0 Å². The summed E-state index contributed by atoms with van der Waals surface area (Å²) < 4.78 is 10.8. The third-order valence-corrected chi connectivity index (χ3v) is 7.13. The van der Waals surface area contributed by atoms with Gasteiger partial charge >= 0.3 is 12.2 Å². The normalized spacial score (nSPS) is 17.7. The molecule has 1 fully saturated rings. The molecule has 0 amide bonds. The molecular formula is C29H46N2O3. The molecule has 1 aliphatic rings. The fourth-order valence-corrected chi connectivity index (χ4v) is 5.02. The Labute approximate surface area is 207 Å². The highest BCUT2D eigenvalue weighted by Gasteiger charge is 2.22. The Balaban J connectivity index is 1.44. The summed E-state index contributed by atoms with van der Waals surface area (Å²) >= 11 is 0. The van der Waals surface area contributed by atoms with Crippen LogP contribution in [0, 0.1) is 5.92 Å². The summed E-state index contributed by atoms with van der Waals surface area (Å²) in [5.74, 6) is 2.13. The molecule has 0 unspecified atom stereocenters. The molecule has 5 nitrogen and oxygen atoms in total. The zero-order valence-electron chi connectivity index (χ0n) is 21.4. The Morgan fingerprint density at radius 2 is 1.50 bits per heavy atom. The quantitative estimate of drug-likeness (QED) is 0.0720. The van der Waals surface area contributed by atoms with E-state index in [0.29, 0.717) is 6.61 Å². The van der Waals surface area contributed by atoms with Crippen molar-refractivity contribution in [3.8, 4) is 5.75 Å². The fourth-order valence-electron chi connectivity index (χ4n) is 5.02. The van der Waals surface area contributed by atoms with Gasteiger partial charge in [-0.05, 0) is 68.1 Å². The van der Waals surface area contributed by atoms with Crippen LogP contribution in [0.4, 0.5) is 0 Å². The molecule has 1 aromatic rings. The first-order valence-electron chi connectivity index (χ1n) is 13.8. The number of benzene rings is 1. The van der Waals surface area contributed by atoms with Gasteiger partial charge in [0.25, 0.3) is 0 Å². The average Bonchev–Trinajstić information content (AvgIpc) is 2.86. The van der Waals surface area contributed by atoms with Gasteiger partial charge in [0.2, 0.25) is 0 Å². The predicted octanol–water partition coefficient (Wildman–Crippen LogP) is 7.88. The number of nitrogens with zero attached hydrogens (tertiary/aromatic N) is 2. The lowest BCUT2D eigenvalue weighted by Gasteiger charge is -2.29. The van der Waals surface area contributed by atoms with Crippen LogP contribution in [0.2, 0.25) is 0 Å². The van der Waals surface area contributed by atoms with Crippen LogP contribution in [0.3, 0.4) is 0 Å². The Bertz CT molecular complexity index is 705. The zero-order chi connectivity index (χ0) is 24.3. The van der Waals surface area contributed by atoms with E-state index < -0.39 is 5.97 Å². The maximum Gasteiger partial charge on any atom is 0.413 e. The second-order valence-electron chi connectivity index (χ2n) is 9.87. The van der Waals surface area contributed by atoms with Crippen LogP contribution < -0.4 is 4.74 Å². The van der Waals surface area contributed by atoms with Gasteiger partial charge in [0.15, 0.2) is 0 Å². The maximum atomic E-state index is 11.0. The van der Waals surface area contributed by atoms with Gasteiger partial charge < -0.3 is 15.0 Å². The smallest absolute Gasteiger partial charge is 0.413 e. The van der Waals surface area contributed by atoms with E-state index in [1.165, 1.54) is 82.6 Å². The van der Waals surface area contributed by atoms with E-state index >= 15 is 0 Å². The highest BCUT2D eigenvalue weighted by atomic mass is 16.5. The number of carbonyl (C=O) groups is 1. The van der Waals surface area contributed by atoms with Gasteiger partial charge in [-0.25, -0.2) is 4.79 Å². The lowest BCUT2D eigenvalue weighted by Crippen LogP contribution is -2.13. The number of ether oxygens (including phenoxy) is 2. The lowest BCUT2D eigenvalue weighted by atomic mass is 9.77. The molecular weight excluding hydrogens is 424 g/mol. The maximum absolute atomic E-state index is 11.0. The van der Waals surface area contributed by atoms with Crippen molar-refractivity contribution >= 4 is 12.2 Å². The van der Waals surface area contributed by atoms with Crippen molar-refractivity contribution in [1.82, 2.24) is 0 Å². The molecule has 0 radical (unpaired) electrons. The number of hydrogen-bond donors (Lipinski definition) is 0. The van der Waals surface area contributed by atoms with Crippen LogP contribution in [0.1, 0.15) is 121 Å². The van der Waals surface area contributed by atoms with E-state index in [4.69, 9.17) is 15.0 Å². The van der Waals surface area contributed by atoms with E-state index in [-0.39, 0.29) is 0 Å². The molecule has 0 N–H and O–H groups in total. The first-order valence-corrected chi connectivity index (χ1v) is 13.8. The highest BCUT2D eigenvalue weighted by molar-refractivity contribution is 6.20. The summed E-state index contributed by atoms with van der Waals surface area (Å²) in [6.45, 7) is 3.48. The predicted molar refractivity (Wildman–Crippen MR) is 138 cm³/mol. The van der Waals surface area contributed by atoms with Gasteiger partial charge in [0, 0.05) is 0 Å². The minimum atomic E-state index is -0.587. The highest BCUT2D eigenvalue weighted by Crippen LogP contribution is 2.38. The second-order valence-corrected chi connectivity index (χ2v) is 9.87. The third-order valence-electron chi connectivity index (χ3n) is 7.13. The van der Waals surface area contributed by atoms with Crippen LogP contribution in [-0.4, -0.2) is 30.2 Å². The SMILES string of the molecule is CCCCCC1CCC(c2ccc(OCCCCCCCCCCOC(=O)C=[N+]=[N-])cc2)CC1. The summed E-state index contributed by atoms with van der Waals surface area (Å²) in [5, 5.41) is 0. The third kappa shape index (κ3) is 12.4. The fraction of sp³-hybridized carbons (Fsp3) is 0.724. The molecule has 0 atom stereocenters. The van der Waals surface area contributed by atoms with E-state index in [0.717, 1.165) is 56.1 Å². The van der Waals surface area contributed by atoms with Crippen LogP contribution in [0.5, 0.6) is 5.75 Å². The summed E-state index contributed by atoms with van der Waals surface area (Å²) in [7, 11) is 0. The molecule has 0 aliphatic heterocycles. The van der Waals surface area contributed by atoms with Gasteiger partial charge in [0.1, 0.15) is 5.75 Å². The van der Waals surface area contributed by atoms with E-state index in [1.54, 1.807) is 0 Å². The molecule has 5 heteroatoms. The molecule has 0 saturated heterocycles. The molecule has 1 saturated carbocycles. The van der Waals surface area contributed by atoms with Crippen LogP contribution in [0.15, 0.2) is 24.3 Å². The first-order chi connectivity index (χ1) is 16.7. The number of carbonyl (C=O) groups excluding carboxylic acids is 1. The van der Waals surface area contributed by atoms with Gasteiger partial charge in [-0.3, -0.25) is 0 Å². The van der Waals surface area contributed by atoms with Crippen LogP contribution >= 0.6 is 0 Å². The Morgan fingerprint density at radius 1 is 0.882 bits per heavy atom. The van der Waals surface area contributed by atoms with Crippen molar-refractivity contribution in [2.75, 3.05) is 13.2 Å². The largest absolute Gasteiger partial charge is 0.494 e. The minimum absolute atomic E-state index is 0.392. The molecule has 0 aromatic heterocycles. The van der Waals surface area contributed by atoms with Crippen molar-refractivity contribution in [3.05, 3.63) is 35.4 Å². The molecule has 2 rings (SSSR count). The number of hydrogen-bond acceptors (Lipinski definition) is 3. The van der Waals surface area contributed by atoms with E-state index in [1.807, 2.05) is 0 Å². The Kier molecular flexibility index (Phi) is 15.1. The van der Waals surface area contributed by atoms with Crippen LogP contribution in [0.25, 0.3) is 5.53 Å². The number of esters is 1. The monoisotopic (exact) mass is 470 g/mol. The first kappa shape index (κ1) is 28.1. The summed E-state index contributed by atoms with van der Waals surface area (Å²) in [6, 6.07) is 8.91. The van der Waals surface area contributed by atoms with Crippen LogP contribution in [-0.2, 0) is 9.53 Å². The average molecular weight is 471 g/mol. The molecule has 0 bridgehead atoms. The number of rotatable bonds is 18. The van der Waals surface area contributed by atoms with Gasteiger partial charge in [-0.2, -0.15) is 4.79 Å². The molecule has 34 heavy (non-hydrogen) atoms. The van der Waals surface area contributed by atoms with Crippen molar-refractivity contribution in [2.45, 2.75) is 116 Å². The van der Waals surface area contributed by atoms with Gasteiger partial charge in [-0.15, -0.1) is 0 Å². The Morgan fingerprint density at radius 3 is 2.12 bits per heavy atom. The Hall–Kier alpha value is -2.13. The van der Waals surface area contributed by atoms with Crippen molar-refractivity contribution in [2.24, 2.45) is 5.92 Å². The molecule has 0 spiro atoms. The van der Waals surface area contributed by atoms with Crippen molar-refractivity contribution in [1.29, 1.82) is 0 Å². The standard InChI is InChI=1S/C29H46N2O3/c1-2-3-10-13-25-14-16-26(17-15-25)27-18-20-28(21-19-27)33-22-11-8-6-4-5-7-9-12-23-34-29(32)24-31-30/h18-21,24-26H,2-17,22-23H2,1H3. The number of unbranched alkanes of at least 4 members (excludes halogenated alkanes) is 9. The zero-order valence-corrected chi connectivity index (χ0v) is 21.4. The topological polar surface area (TPSA) is 71.9 Å². The molecule has 1 aliphatic carbocycles. The van der Waals surface area contributed by atoms with E-state index in [9.17, 15) is 4.79 Å². The van der Waals surface area contributed by atoms with Crippen molar-refractivity contribution in [3.63, 3.8) is 0 Å².